The molecule has 0 aromatic carbocycles. The van der Waals surface area contributed by atoms with Gasteiger partial charge in [-0.25, -0.2) is 23.7 Å². The third-order valence-corrected chi connectivity index (χ3v) is 3.86. The summed E-state index contributed by atoms with van der Waals surface area (Å²) in [6.07, 6.45) is 6.28. The minimum Gasteiger partial charge on any atom is -0.357 e. The summed E-state index contributed by atoms with van der Waals surface area (Å²) in [5.41, 5.74) is 0.628. The molecule has 2 N–H and O–H groups in total. The molecule has 8 heteroatoms. The van der Waals surface area contributed by atoms with E-state index in [9.17, 15) is 8.78 Å². The fourth-order valence-corrected chi connectivity index (χ4v) is 2.58. The maximum Gasteiger partial charge on any atom is 0.279 e. The number of rotatable bonds is 5. The van der Waals surface area contributed by atoms with E-state index >= 15 is 0 Å². The molecular weight excluding hydrogens is 314 g/mol. The van der Waals surface area contributed by atoms with Gasteiger partial charge in [-0.2, -0.15) is 0 Å². The van der Waals surface area contributed by atoms with E-state index in [0.29, 0.717) is 17.2 Å². The van der Waals surface area contributed by atoms with E-state index in [1.165, 1.54) is 18.8 Å². The lowest BCUT2D eigenvalue weighted by atomic mass is 10.1. The number of hydrogen-bond donors (Lipinski definition) is 2. The monoisotopic (exact) mass is 332 g/mol. The molecule has 0 aliphatic carbocycles. The Morgan fingerprint density at radius 2 is 2.00 bits per heavy atom. The maximum absolute atomic E-state index is 12.3. The molecule has 1 saturated heterocycles. The van der Waals surface area contributed by atoms with Crippen LogP contribution in [0.4, 0.5) is 14.6 Å². The largest absolute Gasteiger partial charge is 0.357 e. The fourth-order valence-electron chi connectivity index (χ4n) is 2.58. The standard InChI is InChI=1S/C16H18F2N6/c17-16(18)11(19)4-5-14-20-9-13(23-14)12-8-15(22-10-21-12)24-6-2-1-3-7-24/h4-5,8-10,16,19H,1-3,6-7H2,(H,20,23)/b5-4-,19-11?. The Kier molecular flexibility index (Phi) is 4.93. The van der Waals surface area contributed by atoms with Crippen molar-refractivity contribution in [2.45, 2.75) is 25.7 Å². The summed E-state index contributed by atoms with van der Waals surface area (Å²) in [5.74, 6) is 1.28. The number of H-pyrrole nitrogens is 1. The van der Waals surface area contributed by atoms with Gasteiger partial charge in [0.1, 0.15) is 18.0 Å². The number of imidazole rings is 1. The van der Waals surface area contributed by atoms with E-state index < -0.39 is 12.1 Å². The van der Waals surface area contributed by atoms with Crippen molar-refractivity contribution in [1.29, 1.82) is 5.41 Å². The first-order valence-corrected chi connectivity index (χ1v) is 7.80. The summed E-state index contributed by atoms with van der Waals surface area (Å²) >= 11 is 0. The third-order valence-electron chi connectivity index (χ3n) is 3.86. The highest BCUT2D eigenvalue weighted by molar-refractivity contribution is 5.97. The van der Waals surface area contributed by atoms with Crippen molar-refractivity contribution in [2.24, 2.45) is 0 Å². The Morgan fingerprint density at radius 3 is 2.75 bits per heavy atom. The number of piperidine rings is 1. The Labute approximate surface area is 138 Å². The summed E-state index contributed by atoms with van der Waals surface area (Å²) in [6.45, 7) is 1.98. The summed E-state index contributed by atoms with van der Waals surface area (Å²) in [6, 6.07) is 1.90. The van der Waals surface area contributed by atoms with Gasteiger partial charge in [0.15, 0.2) is 0 Å². The van der Waals surface area contributed by atoms with Gasteiger partial charge in [0.05, 0.1) is 23.3 Å². The van der Waals surface area contributed by atoms with Gasteiger partial charge < -0.3 is 9.88 Å². The van der Waals surface area contributed by atoms with Crippen molar-refractivity contribution in [1.82, 2.24) is 19.9 Å². The van der Waals surface area contributed by atoms with E-state index in [4.69, 9.17) is 5.41 Å². The van der Waals surface area contributed by atoms with Crippen molar-refractivity contribution in [3.8, 4) is 11.4 Å². The number of alkyl halides is 2. The van der Waals surface area contributed by atoms with Crippen LogP contribution in [0.25, 0.3) is 17.5 Å². The first-order chi connectivity index (χ1) is 11.6. The number of aromatic amines is 1. The molecule has 1 aliphatic heterocycles. The van der Waals surface area contributed by atoms with Crippen LogP contribution in [-0.2, 0) is 0 Å². The highest BCUT2D eigenvalue weighted by atomic mass is 19.3. The molecule has 2 aromatic rings. The van der Waals surface area contributed by atoms with E-state index in [-0.39, 0.29) is 0 Å². The Balaban J connectivity index is 1.76. The topological polar surface area (TPSA) is 81.6 Å². The molecule has 6 nitrogen and oxygen atoms in total. The van der Waals surface area contributed by atoms with Gasteiger partial charge in [-0.05, 0) is 31.4 Å². The average Bonchev–Trinajstić information content (AvgIpc) is 3.09. The van der Waals surface area contributed by atoms with E-state index in [1.807, 2.05) is 6.07 Å². The minimum absolute atomic E-state index is 0.397. The number of nitrogens with one attached hydrogen (secondary N) is 2. The lowest BCUT2D eigenvalue weighted by Crippen LogP contribution is -2.30. The maximum atomic E-state index is 12.3. The number of nitrogens with zero attached hydrogens (tertiary/aromatic N) is 4. The third kappa shape index (κ3) is 3.81. The number of halogens is 2. The van der Waals surface area contributed by atoms with Gasteiger partial charge in [-0.3, -0.25) is 5.41 Å². The molecule has 24 heavy (non-hydrogen) atoms. The molecule has 2 aromatic heterocycles. The lowest BCUT2D eigenvalue weighted by molar-refractivity contribution is 0.226. The molecule has 1 aliphatic rings. The first kappa shape index (κ1) is 16.2. The average molecular weight is 332 g/mol. The molecule has 0 bridgehead atoms. The molecule has 3 heterocycles. The van der Waals surface area contributed by atoms with E-state index in [2.05, 4.69) is 24.8 Å². The number of aromatic nitrogens is 4. The van der Waals surface area contributed by atoms with Crippen LogP contribution in [0.3, 0.4) is 0 Å². The van der Waals surface area contributed by atoms with Crippen LogP contribution in [0.15, 0.2) is 24.7 Å². The molecule has 0 unspecified atom stereocenters. The van der Waals surface area contributed by atoms with Gasteiger partial charge in [0, 0.05) is 19.2 Å². The van der Waals surface area contributed by atoms with Gasteiger partial charge in [0.2, 0.25) is 0 Å². The smallest absolute Gasteiger partial charge is 0.279 e. The van der Waals surface area contributed by atoms with Crippen LogP contribution < -0.4 is 4.90 Å². The van der Waals surface area contributed by atoms with Crippen molar-refractivity contribution in [2.75, 3.05) is 18.0 Å². The normalized spacial score (nSPS) is 15.4. The van der Waals surface area contributed by atoms with Gasteiger partial charge >= 0.3 is 0 Å². The summed E-state index contributed by atoms with van der Waals surface area (Å²) < 4.78 is 24.6. The predicted molar refractivity (Wildman–Crippen MR) is 88.4 cm³/mol. The second-order valence-electron chi connectivity index (χ2n) is 5.58. The van der Waals surface area contributed by atoms with Crippen molar-refractivity contribution < 1.29 is 8.78 Å². The second-order valence-corrected chi connectivity index (χ2v) is 5.58. The summed E-state index contributed by atoms with van der Waals surface area (Å²) in [7, 11) is 0. The Hall–Kier alpha value is -2.64. The Bertz CT molecular complexity index is 734. The van der Waals surface area contributed by atoms with Gasteiger partial charge in [-0.1, -0.05) is 0 Å². The Morgan fingerprint density at radius 1 is 1.21 bits per heavy atom. The highest BCUT2D eigenvalue weighted by Crippen LogP contribution is 2.22. The first-order valence-electron chi connectivity index (χ1n) is 7.80. The van der Waals surface area contributed by atoms with Crippen LogP contribution in [0.2, 0.25) is 0 Å². The molecule has 0 spiro atoms. The number of hydrogen-bond acceptors (Lipinski definition) is 5. The zero-order valence-electron chi connectivity index (χ0n) is 13.0. The quantitative estimate of drug-likeness (QED) is 0.824. The molecule has 1 fully saturated rings. The molecule has 0 radical (unpaired) electrons. The molecule has 3 rings (SSSR count). The second kappa shape index (κ2) is 7.29. The summed E-state index contributed by atoms with van der Waals surface area (Å²) in [4.78, 5) is 17.9. The van der Waals surface area contributed by atoms with Gasteiger partial charge in [0.25, 0.3) is 6.43 Å². The van der Waals surface area contributed by atoms with Gasteiger partial charge in [-0.15, -0.1) is 0 Å². The SMILES string of the molecule is N=C(/C=C\c1ncc(-c2cc(N3CCCCC3)ncn2)[nH]1)C(F)F. The fraction of sp³-hybridized carbons (Fsp3) is 0.375. The molecule has 0 saturated carbocycles. The summed E-state index contributed by atoms with van der Waals surface area (Å²) in [5, 5.41) is 7.10. The zero-order valence-corrected chi connectivity index (χ0v) is 13.0. The van der Waals surface area contributed by atoms with Crippen molar-refractivity contribution in [3.05, 3.63) is 30.5 Å². The van der Waals surface area contributed by atoms with Crippen molar-refractivity contribution in [3.63, 3.8) is 0 Å². The number of anilines is 1. The molecule has 0 atom stereocenters. The van der Waals surface area contributed by atoms with Crippen molar-refractivity contribution >= 4 is 17.6 Å². The minimum atomic E-state index is -2.79. The number of allylic oxidation sites excluding steroid dienone is 1. The molecule has 0 amide bonds. The van der Waals surface area contributed by atoms with Crippen LogP contribution in [-0.4, -0.2) is 45.2 Å². The van der Waals surface area contributed by atoms with Crippen LogP contribution in [0.1, 0.15) is 25.1 Å². The van der Waals surface area contributed by atoms with E-state index in [1.54, 1.807) is 6.20 Å². The molecular formula is C16H18F2N6. The highest BCUT2D eigenvalue weighted by Gasteiger charge is 2.14. The zero-order chi connectivity index (χ0) is 16.9. The van der Waals surface area contributed by atoms with Crippen LogP contribution >= 0.6 is 0 Å². The molecule has 126 valence electrons. The predicted octanol–water partition coefficient (Wildman–Crippen LogP) is 3.16. The van der Waals surface area contributed by atoms with Crippen LogP contribution in [0.5, 0.6) is 0 Å². The lowest BCUT2D eigenvalue weighted by Gasteiger charge is -2.27. The van der Waals surface area contributed by atoms with E-state index in [0.717, 1.165) is 37.8 Å². The van der Waals surface area contributed by atoms with Crippen LogP contribution in [0, 0.1) is 5.41 Å².